The van der Waals surface area contributed by atoms with Crippen molar-refractivity contribution in [3.8, 4) is 0 Å². The predicted molar refractivity (Wildman–Crippen MR) is 63.3 cm³/mol. The minimum atomic E-state index is -1.39. The molecule has 1 aromatic carbocycles. The van der Waals surface area contributed by atoms with Crippen molar-refractivity contribution < 1.29 is 14.4 Å². The molecule has 0 unspecified atom stereocenters. The summed E-state index contributed by atoms with van der Waals surface area (Å²) >= 11 is 1.09. The summed E-state index contributed by atoms with van der Waals surface area (Å²) in [4.78, 5) is 35.0. The zero-order chi connectivity index (χ0) is 12.5. The van der Waals surface area contributed by atoms with E-state index in [9.17, 15) is 14.4 Å². The number of carbonyl (C=O) groups is 3. The van der Waals surface area contributed by atoms with Gasteiger partial charge in [0.05, 0.1) is 0 Å². The Hall–Kier alpha value is -1.82. The molecule has 0 aliphatic carbocycles. The van der Waals surface area contributed by atoms with E-state index in [-0.39, 0.29) is 0 Å². The van der Waals surface area contributed by atoms with Gasteiger partial charge in [-0.3, -0.25) is 20.2 Å². The van der Waals surface area contributed by atoms with Crippen molar-refractivity contribution in [2.45, 2.75) is 4.75 Å². The zero-order valence-electron chi connectivity index (χ0n) is 9.02. The van der Waals surface area contributed by atoms with Gasteiger partial charge in [0, 0.05) is 0 Å². The summed E-state index contributed by atoms with van der Waals surface area (Å²) in [6.07, 6.45) is 1.65. The lowest BCUT2D eigenvalue weighted by Gasteiger charge is -2.32. The topological polar surface area (TPSA) is 75.3 Å². The highest BCUT2D eigenvalue weighted by atomic mass is 32.2. The lowest BCUT2D eigenvalue weighted by molar-refractivity contribution is -0.133. The molecule has 1 saturated heterocycles. The zero-order valence-corrected chi connectivity index (χ0v) is 9.84. The van der Waals surface area contributed by atoms with Gasteiger partial charge in [0.1, 0.15) is 0 Å². The van der Waals surface area contributed by atoms with Crippen LogP contribution in [0.2, 0.25) is 0 Å². The van der Waals surface area contributed by atoms with Crippen LogP contribution in [0.15, 0.2) is 30.3 Å². The molecule has 0 aromatic heterocycles. The molecular weight excluding hydrogens is 240 g/mol. The van der Waals surface area contributed by atoms with Crippen LogP contribution in [0, 0.1) is 0 Å². The third kappa shape index (κ3) is 1.70. The standard InChI is InChI=1S/C11H10N2O3S/c1-17-11(7-5-3-2-4-6-7)8(14)12-10(16)13-9(11)15/h2-6H,1H3,(H2,12,13,14,15,16). The van der Waals surface area contributed by atoms with Gasteiger partial charge >= 0.3 is 6.03 Å². The average molecular weight is 250 g/mol. The molecule has 2 rings (SSSR count). The number of nitrogens with one attached hydrogen (secondary N) is 2. The molecular formula is C11H10N2O3S. The summed E-state index contributed by atoms with van der Waals surface area (Å²) < 4.78 is -1.39. The summed E-state index contributed by atoms with van der Waals surface area (Å²) in [6, 6.07) is 7.87. The Balaban J connectivity index is 2.54. The number of hydrogen-bond acceptors (Lipinski definition) is 4. The quantitative estimate of drug-likeness (QED) is 0.754. The first-order chi connectivity index (χ1) is 8.11. The number of urea groups is 1. The van der Waals surface area contributed by atoms with Crippen LogP contribution in [0.4, 0.5) is 4.79 Å². The van der Waals surface area contributed by atoms with E-state index in [0.717, 1.165) is 11.8 Å². The summed E-state index contributed by atoms with van der Waals surface area (Å²) in [7, 11) is 0. The Morgan fingerprint density at radius 2 is 1.53 bits per heavy atom. The SMILES string of the molecule is CSC1(c2ccccc2)C(=O)NC(=O)NC1=O. The number of carbonyl (C=O) groups excluding carboxylic acids is 3. The summed E-state index contributed by atoms with van der Waals surface area (Å²) in [5.41, 5.74) is 0.551. The molecule has 1 heterocycles. The van der Waals surface area contributed by atoms with Gasteiger partial charge in [0.25, 0.3) is 11.8 Å². The Kier molecular flexibility index (Phi) is 2.89. The number of amides is 4. The van der Waals surface area contributed by atoms with Gasteiger partial charge in [-0.15, -0.1) is 11.8 Å². The van der Waals surface area contributed by atoms with Crippen LogP contribution in [0.25, 0.3) is 0 Å². The van der Waals surface area contributed by atoms with Crippen molar-refractivity contribution in [2.24, 2.45) is 0 Å². The van der Waals surface area contributed by atoms with E-state index in [0.29, 0.717) is 5.56 Å². The van der Waals surface area contributed by atoms with Crippen molar-refractivity contribution in [3.63, 3.8) is 0 Å². The van der Waals surface area contributed by atoms with Crippen LogP contribution >= 0.6 is 11.8 Å². The Morgan fingerprint density at radius 1 is 1.00 bits per heavy atom. The molecule has 6 heteroatoms. The Labute approximate surface area is 102 Å². The van der Waals surface area contributed by atoms with Crippen LogP contribution in [-0.2, 0) is 14.3 Å². The first kappa shape index (κ1) is 11.7. The molecule has 5 nitrogen and oxygen atoms in total. The molecule has 0 bridgehead atoms. The first-order valence-electron chi connectivity index (χ1n) is 4.89. The highest BCUT2D eigenvalue weighted by molar-refractivity contribution is 8.01. The summed E-state index contributed by atoms with van der Waals surface area (Å²) in [5, 5.41) is 4.24. The van der Waals surface area contributed by atoms with E-state index in [4.69, 9.17) is 0 Å². The van der Waals surface area contributed by atoms with Gasteiger partial charge in [-0.1, -0.05) is 30.3 Å². The lowest BCUT2D eigenvalue weighted by atomic mass is 9.95. The minimum Gasteiger partial charge on any atom is -0.276 e. The normalized spacial score (nSPS) is 18.5. The largest absolute Gasteiger partial charge is 0.328 e. The van der Waals surface area contributed by atoms with Crippen molar-refractivity contribution in [2.75, 3.05) is 6.26 Å². The monoisotopic (exact) mass is 250 g/mol. The van der Waals surface area contributed by atoms with E-state index in [1.807, 2.05) is 0 Å². The van der Waals surface area contributed by atoms with Gasteiger partial charge in [0.15, 0.2) is 4.75 Å². The number of imide groups is 2. The van der Waals surface area contributed by atoms with E-state index in [2.05, 4.69) is 10.6 Å². The molecule has 0 radical (unpaired) electrons. The van der Waals surface area contributed by atoms with Gasteiger partial charge in [-0.2, -0.15) is 0 Å². The number of barbiturate groups is 1. The number of thioether (sulfide) groups is 1. The second kappa shape index (κ2) is 4.21. The van der Waals surface area contributed by atoms with Crippen molar-refractivity contribution in [1.82, 2.24) is 10.6 Å². The Bertz CT molecular complexity index is 467. The molecule has 2 N–H and O–H groups in total. The summed E-state index contributed by atoms with van der Waals surface area (Å²) in [6.45, 7) is 0. The molecule has 1 fully saturated rings. The van der Waals surface area contributed by atoms with E-state index < -0.39 is 22.6 Å². The highest BCUT2D eigenvalue weighted by Crippen LogP contribution is 2.36. The van der Waals surface area contributed by atoms with E-state index in [1.54, 1.807) is 36.6 Å². The molecule has 4 amide bonds. The third-order valence-corrected chi connectivity index (χ3v) is 3.80. The predicted octanol–water partition coefficient (Wildman–Crippen LogP) is 0.611. The molecule has 17 heavy (non-hydrogen) atoms. The van der Waals surface area contributed by atoms with Crippen molar-refractivity contribution in [3.05, 3.63) is 35.9 Å². The smallest absolute Gasteiger partial charge is 0.276 e. The third-order valence-electron chi connectivity index (χ3n) is 2.58. The van der Waals surface area contributed by atoms with E-state index >= 15 is 0 Å². The van der Waals surface area contributed by atoms with Gasteiger partial charge in [0.2, 0.25) is 0 Å². The maximum atomic E-state index is 12.0. The number of rotatable bonds is 2. The van der Waals surface area contributed by atoms with E-state index in [1.165, 1.54) is 0 Å². The fraction of sp³-hybridized carbons (Fsp3) is 0.182. The molecule has 0 atom stereocenters. The highest BCUT2D eigenvalue weighted by Gasteiger charge is 2.51. The second-order valence-corrected chi connectivity index (χ2v) is 4.51. The maximum Gasteiger partial charge on any atom is 0.328 e. The van der Waals surface area contributed by atoms with Crippen molar-refractivity contribution >= 4 is 29.6 Å². The molecule has 1 aliphatic heterocycles. The van der Waals surface area contributed by atoms with Crippen LogP contribution in [0.5, 0.6) is 0 Å². The second-order valence-electron chi connectivity index (χ2n) is 3.49. The van der Waals surface area contributed by atoms with Crippen LogP contribution < -0.4 is 10.6 Å². The first-order valence-corrected chi connectivity index (χ1v) is 6.11. The number of hydrogen-bond donors (Lipinski definition) is 2. The lowest BCUT2D eigenvalue weighted by Crippen LogP contribution is -2.63. The maximum absolute atomic E-state index is 12.0. The fourth-order valence-electron chi connectivity index (χ4n) is 1.75. The van der Waals surface area contributed by atoms with Crippen LogP contribution in [-0.4, -0.2) is 24.1 Å². The van der Waals surface area contributed by atoms with Crippen LogP contribution in [0.3, 0.4) is 0 Å². The molecule has 0 spiro atoms. The fourth-order valence-corrected chi connectivity index (χ4v) is 2.60. The van der Waals surface area contributed by atoms with Gasteiger partial charge < -0.3 is 0 Å². The molecule has 0 saturated carbocycles. The summed E-state index contributed by atoms with van der Waals surface area (Å²) in [5.74, 6) is -1.21. The van der Waals surface area contributed by atoms with Crippen LogP contribution in [0.1, 0.15) is 5.56 Å². The van der Waals surface area contributed by atoms with Gasteiger partial charge in [-0.05, 0) is 11.8 Å². The number of benzene rings is 1. The Morgan fingerprint density at radius 3 is 2.00 bits per heavy atom. The van der Waals surface area contributed by atoms with Crippen molar-refractivity contribution in [1.29, 1.82) is 0 Å². The average Bonchev–Trinajstić information content (AvgIpc) is 2.30. The minimum absolute atomic E-state index is 0.551. The van der Waals surface area contributed by atoms with Gasteiger partial charge in [-0.25, -0.2) is 4.79 Å². The molecule has 1 aliphatic rings. The molecule has 1 aromatic rings. The molecule has 88 valence electrons.